The van der Waals surface area contributed by atoms with Gasteiger partial charge in [-0.05, 0) is 34.1 Å². The van der Waals surface area contributed by atoms with E-state index in [4.69, 9.17) is 0 Å². The maximum Gasteiger partial charge on any atom is 0.392 e. The van der Waals surface area contributed by atoms with Crippen molar-refractivity contribution >= 4 is 48.5 Å². The molecule has 0 N–H and O–H groups in total. The zero-order valence-electron chi connectivity index (χ0n) is 10.5. The molecule has 21 heavy (non-hydrogen) atoms. The van der Waals surface area contributed by atoms with E-state index in [1.807, 2.05) is 0 Å². The number of Topliss-reactive ketones (excluding diaryl/α,β-unsaturated/α-hetero) is 1. The molecule has 0 fully saturated rings. The predicted octanol–water partition coefficient (Wildman–Crippen LogP) is 5.07. The minimum Gasteiger partial charge on any atom is -0.294 e. The number of pyridine rings is 1. The van der Waals surface area contributed by atoms with Gasteiger partial charge in [0.2, 0.25) is 0 Å². The molecule has 1 unspecified atom stereocenters. The van der Waals surface area contributed by atoms with Crippen molar-refractivity contribution in [3.8, 4) is 0 Å². The summed E-state index contributed by atoms with van der Waals surface area (Å²) in [5.41, 5.74) is 1.09. The Bertz CT molecular complexity index is 758. The molecular formula is C14H8Br2F3NO. The third kappa shape index (κ3) is 2.73. The summed E-state index contributed by atoms with van der Waals surface area (Å²) in [5.74, 6) is -2.14. The van der Waals surface area contributed by atoms with Crippen molar-refractivity contribution in [3.63, 3.8) is 0 Å². The van der Waals surface area contributed by atoms with Crippen LogP contribution in [0.1, 0.15) is 22.5 Å². The Morgan fingerprint density at radius 1 is 1.14 bits per heavy atom. The number of carbonyl (C=O) groups is 1. The summed E-state index contributed by atoms with van der Waals surface area (Å²) in [5, 5.41) is 0.716. The number of carbonyl (C=O) groups excluding carboxylic acids is 1. The molecule has 1 aliphatic rings. The monoisotopic (exact) mass is 421 g/mol. The molecule has 1 aromatic carbocycles. The highest BCUT2D eigenvalue weighted by Crippen LogP contribution is 2.38. The highest BCUT2D eigenvalue weighted by Gasteiger charge is 2.44. The zero-order chi connectivity index (χ0) is 15.4. The summed E-state index contributed by atoms with van der Waals surface area (Å²) in [6.45, 7) is 0. The average Bonchev–Trinajstić information content (AvgIpc) is 2.36. The lowest BCUT2D eigenvalue weighted by Crippen LogP contribution is -2.32. The van der Waals surface area contributed by atoms with E-state index in [0.717, 1.165) is 4.47 Å². The Labute approximate surface area is 135 Å². The maximum absolute atomic E-state index is 12.9. The van der Waals surface area contributed by atoms with Crippen LogP contribution in [0.5, 0.6) is 0 Å². The standard InChI is InChI=1S/C14H8Br2F3NO/c15-8-1-6-2-9-11(20-13(6)10(16)5-8)3-7(4-12(9)21)14(17,18)19/h1-2,5,7H,3-4H2. The number of nitrogens with zero attached hydrogens (tertiary/aromatic N) is 1. The second kappa shape index (κ2) is 5.05. The van der Waals surface area contributed by atoms with Gasteiger partial charge in [0.25, 0.3) is 0 Å². The summed E-state index contributed by atoms with van der Waals surface area (Å²) in [6.07, 6.45) is -5.12. The molecule has 7 heteroatoms. The van der Waals surface area contributed by atoms with Crippen LogP contribution >= 0.6 is 31.9 Å². The van der Waals surface area contributed by atoms with Gasteiger partial charge in [-0.1, -0.05) is 15.9 Å². The van der Waals surface area contributed by atoms with Crippen LogP contribution in [0, 0.1) is 5.92 Å². The quantitative estimate of drug-likeness (QED) is 0.593. The van der Waals surface area contributed by atoms with E-state index < -0.39 is 24.3 Å². The van der Waals surface area contributed by atoms with Gasteiger partial charge in [-0.15, -0.1) is 0 Å². The van der Waals surface area contributed by atoms with Crippen molar-refractivity contribution in [1.82, 2.24) is 4.98 Å². The van der Waals surface area contributed by atoms with Gasteiger partial charge >= 0.3 is 6.18 Å². The van der Waals surface area contributed by atoms with E-state index in [-0.39, 0.29) is 12.1 Å². The molecule has 110 valence electrons. The van der Waals surface area contributed by atoms with Gasteiger partial charge in [-0.2, -0.15) is 13.2 Å². The van der Waals surface area contributed by atoms with Crippen LogP contribution in [0.4, 0.5) is 13.2 Å². The summed E-state index contributed by atoms with van der Waals surface area (Å²) >= 11 is 6.68. The van der Waals surface area contributed by atoms with Crippen LogP contribution in [0.2, 0.25) is 0 Å². The number of hydrogen-bond acceptors (Lipinski definition) is 2. The summed E-state index contributed by atoms with van der Waals surface area (Å²) < 4.78 is 40.1. The topological polar surface area (TPSA) is 30.0 Å². The fourth-order valence-electron chi connectivity index (χ4n) is 2.52. The van der Waals surface area contributed by atoms with Crippen LogP contribution < -0.4 is 0 Å². The molecule has 0 saturated carbocycles. The first-order chi connectivity index (χ1) is 9.75. The zero-order valence-corrected chi connectivity index (χ0v) is 13.6. The molecule has 0 spiro atoms. The Morgan fingerprint density at radius 3 is 2.52 bits per heavy atom. The molecule has 3 rings (SSSR count). The Kier molecular flexibility index (Phi) is 3.60. The van der Waals surface area contributed by atoms with Crippen LogP contribution in [-0.2, 0) is 6.42 Å². The van der Waals surface area contributed by atoms with Crippen molar-refractivity contribution in [2.45, 2.75) is 19.0 Å². The number of benzene rings is 1. The van der Waals surface area contributed by atoms with Crippen LogP contribution in [0.25, 0.3) is 10.9 Å². The van der Waals surface area contributed by atoms with Crippen LogP contribution in [-0.4, -0.2) is 16.9 Å². The SMILES string of the molecule is O=C1CC(C(F)(F)F)Cc2nc3c(Br)cc(Br)cc3cc21. The predicted molar refractivity (Wildman–Crippen MR) is 79.3 cm³/mol. The lowest BCUT2D eigenvalue weighted by Gasteiger charge is -2.25. The Hall–Kier alpha value is -0.950. The van der Waals surface area contributed by atoms with E-state index in [2.05, 4.69) is 36.8 Å². The van der Waals surface area contributed by atoms with Gasteiger partial charge in [0.1, 0.15) is 0 Å². The van der Waals surface area contributed by atoms with Crippen molar-refractivity contribution in [2.24, 2.45) is 5.92 Å². The normalized spacial score (nSPS) is 18.9. The van der Waals surface area contributed by atoms with Crippen molar-refractivity contribution in [1.29, 1.82) is 0 Å². The molecule has 0 saturated heterocycles. The Balaban J connectivity index is 2.17. The van der Waals surface area contributed by atoms with Crippen molar-refractivity contribution in [3.05, 3.63) is 38.4 Å². The summed E-state index contributed by atoms with van der Waals surface area (Å²) in [7, 11) is 0. The number of alkyl halides is 3. The number of hydrogen-bond donors (Lipinski definition) is 0. The molecule has 2 aromatic rings. The van der Waals surface area contributed by atoms with Crippen LogP contribution in [0.15, 0.2) is 27.1 Å². The second-order valence-corrected chi connectivity index (χ2v) is 6.78. The number of fused-ring (bicyclic) bond motifs is 2. The number of halogens is 5. The van der Waals surface area contributed by atoms with E-state index in [1.54, 1.807) is 18.2 Å². The molecule has 1 heterocycles. The minimum atomic E-state index is -4.37. The first kappa shape index (κ1) is 15.0. The molecule has 2 nitrogen and oxygen atoms in total. The van der Waals surface area contributed by atoms with Gasteiger partial charge in [-0.25, -0.2) is 0 Å². The van der Waals surface area contributed by atoms with Crippen LogP contribution in [0.3, 0.4) is 0 Å². The second-order valence-electron chi connectivity index (χ2n) is 5.01. The highest BCUT2D eigenvalue weighted by atomic mass is 79.9. The lowest BCUT2D eigenvalue weighted by molar-refractivity contribution is -0.174. The van der Waals surface area contributed by atoms with Gasteiger partial charge in [-0.3, -0.25) is 9.78 Å². The Morgan fingerprint density at radius 2 is 1.86 bits per heavy atom. The first-order valence-electron chi connectivity index (χ1n) is 6.14. The third-order valence-electron chi connectivity index (χ3n) is 3.55. The molecule has 0 bridgehead atoms. The summed E-state index contributed by atoms with van der Waals surface area (Å²) in [6, 6.07) is 5.19. The summed E-state index contributed by atoms with van der Waals surface area (Å²) in [4.78, 5) is 16.3. The molecule has 1 aliphatic carbocycles. The van der Waals surface area contributed by atoms with Gasteiger partial charge in [0.15, 0.2) is 5.78 Å². The van der Waals surface area contributed by atoms with E-state index >= 15 is 0 Å². The molecule has 0 aliphatic heterocycles. The minimum absolute atomic E-state index is 0.226. The molecular weight excluding hydrogens is 415 g/mol. The maximum atomic E-state index is 12.9. The first-order valence-corrected chi connectivity index (χ1v) is 7.73. The number of ketones is 1. The fraction of sp³-hybridized carbons (Fsp3) is 0.286. The molecule has 1 atom stereocenters. The molecule has 1 aromatic heterocycles. The fourth-order valence-corrected chi connectivity index (χ4v) is 3.86. The molecule has 0 radical (unpaired) electrons. The molecule has 0 amide bonds. The van der Waals surface area contributed by atoms with E-state index in [9.17, 15) is 18.0 Å². The smallest absolute Gasteiger partial charge is 0.294 e. The third-order valence-corrected chi connectivity index (χ3v) is 4.61. The van der Waals surface area contributed by atoms with Crippen molar-refractivity contribution in [2.75, 3.05) is 0 Å². The van der Waals surface area contributed by atoms with Gasteiger partial charge in [0, 0.05) is 32.7 Å². The number of aromatic nitrogens is 1. The largest absolute Gasteiger partial charge is 0.392 e. The van der Waals surface area contributed by atoms with Gasteiger partial charge < -0.3 is 0 Å². The number of rotatable bonds is 0. The average molecular weight is 423 g/mol. The highest BCUT2D eigenvalue weighted by molar-refractivity contribution is 9.11. The van der Waals surface area contributed by atoms with Crippen molar-refractivity contribution < 1.29 is 18.0 Å². The van der Waals surface area contributed by atoms with E-state index in [0.29, 0.717) is 20.9 Å². The van der Waals surface area contributed by atoms with Gasteiger partial charge in [0.05, 0.1) is 17.1 Å². The van der Waals surface area contributed by atoms with E-state index in [1.165, 1.54) is 0 Å². The lowest BCUT2D eigenvalue weighted by atomic mass is 9.85.